The van der Waals surface area contributed by atoms with Gasteiger partial charge in [-0.25, -0.2) is 0 Å². The fourth-order valence-electron chi connectivity index (χ4n) is 3.55. The fraction of sp³-hybridized carbons (Fsp3) is 0.375. The zero-order valence-corrected chi connectivity index (χ0v) is 17.6. The molecule has 0 heterocycles. The Balaban J connectivity index is 1.62. The smallest absolute Gasteiger partial charge is 0.448 e. The molecule has 0 aromatic heterocycles. The number of halogens is 3. The molecule has 0 aliphatic heterocycles. The van der Waals surface area contributed by atoms with E-state index in [0.717, 1.165) is 11.6 Å². The Morgan fingerprint density at radius 1 is 1.03 bits per heavy atom. The molecule has 3 rings (SSSR count). The molecule has 2 unspecified atom stereocenters. The number of esters is 1. The standard InChI is InChI=1S/C24H25F3O4/c1-4-29-20(24(25,26)27)14-19-21(23(19,2)3)22(28)30-15-16-9-8-12-18(13-16)31-17-10-6-5-7-11-17/h5-14,19,21H,4,15H2,1-3H3. The van der Waals surface area contributed by atoms with Crippen molar-refractivity contribution >= 4 is 5.97 Å². The Kier molecular flexibility index (Phi) is 6.62. The molecule has 4 nitrogen and oxygen atoms in total. The molecule has 0 amide bonds. The van der Waals surface area contributed by atoms with Crippen molar-refractivity contribution in [3.05, 3.63) is 72.0 Å². The summed E-state index contributed by atoms with van der Waals surface area (Å²) in [6.45, 7) is 4.88. The molecule has 1 fully saturated rings. The van der Waals surface area contributed by atoms with Gasteiger partial charge < -0.3 is 14.2 Å². The lowest BCUT2D eigenvalue weighted by Gasteiger charge is -2.12. The second-order valence-electron chi connectivity index (χ2n) is 7.96. The third-order valence-electron chi connectivity index (χ3n) is 5.33. The molecule has 7 heteroatoms. The normalized spacial score (nSPS) is 20.1. The van der Waals surface area contributed by atoms with E-state index in [1.165, 1.54) is 6.92 Å². The van der Waals surface area contributed by atoms with Gasteiger partial charge in [-0.3, -0.25) is 4.79 Å². The number of carbonyl (C=O) groups excluding carboxylic acids is 1. The van der Waals surface area contributed by atoms with E-state index in [0.29, 0.717) is 11.5 Å². The molecule has 166 valence electrons. The fourth-order valence-corrected chi connectivity index (χ4v) is 3.55. The summed E-state index contributed by atoms with van der Waals surface area (Å²) in [6, 6.07) is 16.4. The van der Waals surface area contributed by atoms with Gasteiger partial charge in [0.15, 0.2) is 5.76 Å². The summed E-state index contributed by atoms with van der Waals surface area (Å²) in [7, 11) is 0. The Morgan fingerprint density at radius 2 is 1.71 bits per heavy atom. The highest BCUT2D eigenvalue weighted by Gasteiger charge is 2.62. The van der Waals surface area contributed by atoms with Crippen LogP contribution in [-0.2, 0) is 20.9 Å². The van der Waals surface area contributed by atoms with Gasteiger partial charge in [-0.15, -0.1) is 0 Å². The SMILES string of the molecule is CCOC(=CC1C(C(=O)OCc2cccc(Oc3ccccc3)c2)C1(C)C)C(F)(F)F. The number of para-hydroxylation sites is 1. The van der Waals surface area contributed by atoms with E-state index in [-0.39, 0.29) is 13.2 Å². The summed E-state index contributed by atoms with van der Waals surface area (Å²) < 4.78 is 55.3. The highest BCUT2D eigenvalue weighted by atomic mass is 19.4. The monoisotopic (exact) mass is 434 g/mol. The van der Waals surface area contributed by atoms with Crippen LogP contribution in [0.3, 0.4) is 0 Å². The van der Waals surface area contributed by atoms with Crippen LogP contribution in [0.15, 0.2) is 66.4 Å². The third-order valence-corrected chi connectivity index (χ3v) is 5.33. The number of allylic oxidation sites excluding steroid dienone is 2. The van der Waals surface area contributed by atoms with E-state index in [1.807, 2.05) is 30.3 Å². The Bertz CT molecular complexity index is 935. The van der Waals surface area contributed by atoms with Crippen molar-refractivity contribution in [3.63, 3.8) is 0 Å². The number of rotatable bonds is 8. The van der Waals surface area contributed by atoms with Crippen molar-refractivity contribution in [2.75, 3.05) is 6.61 Å². The summed E-state index contributed by atoms with van der Waals surface area (Å²) >= 11 is 0. The molecule has 0 bridgehead atoms. The molecule has 0 radical (unpaired) electrons. The minimum absolute atomic E-state index is 0.00538. The molecule has 2 aromatic carbocycles. The third kappa shape index (κ3) is 5.60. The largest absolute Gasteiger partial charge is 0.489 e. The number of alkyl halides is 3. The van der Waals surface area contributed by atoms with Crippen LogP contribution >= 0.6 is 0 Å². The van der Waals surface area contributed by atoms with Gasteiger partial charge in [0.1, 0.15) is 18.1 Å². The summed E-state index contributed by atoms with van der Waals surface area (Å²) in [4.78, 5) is 12.6. The summed E-state index contributed by atoms with van der Waals surface area (Å²) in [5, 5.41) is 0. The number of benzene rings is 2. The van der Waals surface area contributed by atoms with Crippen LogP contribution in [0.4, 0.5) is 13.2 Å². The van der Waals surface area contributed by atoms with Crippen LogP contribution in [0.25, 0.3) is 0 Å². The number of carbonyl (C=O) groups is 1. The van der Waals surface area contributed by atoms with Crippen LogP contribution in [0.5, 0.6) is 11.5 Å². The zero-order valence-electron chi connectivity index (χ0n) is 17.6. The van der Waals surface area contributed by atoms with Gasteiger partial charge in [0.05, 0.1) is 12.5 Å². The lowest BCUT2D eigenvalue weighted by Crippen LogP contribution is -2.15. The van der Waals surface area contributed by atoms with Gasteiger partial charge in [0.25, 0.3) is 0 Å². The van der Waals surface area contributed by atoms with Gasteiger partial charge in [-0.1, -0.05) is 44.2 Å². The number of ether oxygens (including phenoxy) is 3. The first-order chi connectivity index (χ1) is 14.6. The maximum absolute atomic E-state index is 13.1. The summed E-state index contributed by atoms with van der Waals surface area (Å²) in [6.07, 6.45) is -3.59. The van der Waals surface area contributed by atoms with Gasteiger partial charge >= 0.3 is 12.1 Å². The van der Waals surface area contributed by atoms with E-state index in [9.17, 15) is 18.0 Å². The predicted octanol–water partition coefficient (Wildman–Crippen LogP) is 6.28. The minimum Gasteiger partial charge on any atom is -0.489 e. The van der Waals surface area contributed by atoms with E-state index in [2.05, 4.69) is 0 Å². The van der Waals surface area contributed by atoms with Crippen molar-refractivity contribution in [2.24, 2.45) is 17.3 Å². The second-order valence-corrected chi connectivity index (χ2v) is 7.96. The molecule has 2 atom stereocenters. The zero-order chi connectivity index (χ0) is 22.6. The summed E-state index contributed by atoms with van der Waals surface area (Å²) in [5.74, 6) is -1.57. The van der Waals surface area contributed by atoms with Gasteiger partial charge in [-0.2, -0.15) is 13.2 Å². The van der Waals surface area contributed by atoms with E-state index >= 15 is 0 Å². The van der Waals surface area contributed by atoms with Crippen LogP contribution in [0.2, 0.25) is 0 Å². The molecule has 0 saturated heterocycles. The first-order valence-electron chi connectivity index (χ1n) is 10.0. The van der Waals surface area contributed by atoms with Crippen LogP contribution in [-0.4, -0.2) is 18.8 Å². The Morgan fingerprint density at radius 3 is 2.35 bits per heavy atom. The lowest BCUT2D eigenvalue weighted by molar-refractivity contribution is -0.147. The van der Waals surface area contributed by atoms with E-state index < -0.39 is 35.2 Å². The highest BCUT2D eigenvalue weighted by molar-refractivity contribution is 5.78. The predicted molar refractivity (Wildman–Crippen MR) is 109 cm³/mol. The minimum atomic E-state index is -4.59. The van der Waals surface area contributed by atoms with Gasteiger partial charge in [0.2, 0.25) is 0 Å². The lowest BCUT2D eigenvalue weighted by atomic mass is 10.1. The average Bonchev–Trinajstić information content (AvgIpc) is 3.26. The molecule has 31 heavy (non-hydrogen) atoms. The van der Waals surface area contributed by atoms with Crippen molar-refractivity contribution in [1.82, 2.24) is 0 Å². The van der Waals surface area contributed by atoms with Crippen molar-refractivity contribution in [2.45, 2.75) is 33.6 Å². The van der Waals surface area contributed by atoms with Crippen LogP contribution in [0, 0.1) is 17.3 Å². The molecule has 2 aromatic rings. The molecular weight excluding hydrogens is 409 g/mol. The van der Waals surface area contributed by atoms with Crippen LogP contribution < -0.4 is 4.74 Å². The maximum Gasteiger partial charge on any atom is 0.448 e. The van der Waals surface area contributed by atoms with Gasteiger partial charge in [-0.05, 0) is 48.2 Å². The molecule has 1 saturated carbocycles. The van der Waals surface area contributed by atoms with Crippen molar-refractivity contribution in [1.29, 1.82) is 0 Å². The first-order valence-corrected chi connectivity index (χ1v) is 10.0. The second kappa shape index (κ2) is 9.04. The number of hydrogen-bond donors (Lipinski definition) is 0. The summed E-state index contributed by atoms with van der Waals surface area (Å²) in [5.41, 5.74) is 0.0841. The quantitative estimate of drug-likeness (QED) is 0.362. The highest BCUT2D eigenvalue weighted by Crippen LogP contribution is 2.60. The van der Waals surface area contributed by atoms with Crippen molar-refractivity contribution in [3.8, 4) is 11.5 Å². The van der Waals surface area contributed by atoms with E-state index in [1.54, 1.807) is 38.1 Å². The first kappa shape index (κ1) is 22.7. The van der Waals surface area contributed by atoms with Gasteiger partial charge in [0, 0.05) is 5.92 Å². The molecule has 0 N–H and O–H groups in total. The Labute approximate surface area is 179 Å². The number of hydrogen-bond acceptors (Lipinski definition) is 4. The van der Waals surface area contributed by atoms with E-state index in [4.69, 9.17) is 14.2 Å². The molecular formula is C24H25F3O4. The molecule has 0 spiro atoms. The maximum atomic E-state index is 13.1. The Hall–Kier alpha value is -2.96. The molecule has 1 aliphatic carbocycles. The molecule has 1 aliphatic rings. The average molecular weight is 434 g/mol. The topological polar surface area (TPSA) is 44.8 Å². The van der Waals surface area contributed by atoms with Crippen molar-refractivity contribution < 1.29 is 32.2 Å². The van der Waals surface area contributed by atoms with Crippen LogP contribution in [0.1, 0.15) is 26.3 Å².